The molecule has 0 aliphatic heterocycles. The zero-order valence-electron chi connectivity index (χ0n) is 7.61. The normalized spacial score (nSPS) is 51.8. The summed E-state index contributed by atoms with van der Waals surface area (Å²) in [5.74, 6) is 2.03. The van der Waals surface area contributed by atoms with Crippen LogP contribution in [0.25, 0.3) is 0 Å². The molecule has 2 bridgehead atoms. The van der Waals surface area contributed by atoms with E-state index in [1.807, 2.05) is 0 Å². The highest BCUT2D eigenvalue weighted by Gasteiger charge is 2.69. The zero-order valence-corrected chi connectivity index (χ0v) is 8.37. The summed E-state index contributed by atoms with van der Waals surface area (Å²) in [7, 11) is 0. The predicted molar refractivity (Wildman–Crippen MR) is 51.4 cm³/mol. The molecule has 4 aliphatic carbocycles. The Balaban J connectivity index is 1.67. The molecule has 0 aromatic heterocycles. The third kappa shape index (κ3) is 0.755. The van der Waals surface area contributed by atoms with E-state index in [1.54, 1.807) is 0 Å². The van der Waals surface area contributed by atoms with Gasteiger partial charge in [0.1, 0.15) is 0 Å². The van der Waals surface area contributed by atoms with Gasteiger partial charge >= 0.3 is 0 Å². The maximum absolute atomic E-state index is 5.95. The number of halogens is 1. The second-order valence-electron chi connectivity index (χ2n) is 5.51. The molecule has 0 spiro atoms. The van der Waals surface area contributed by atoms with Crippen LogP contribution in [0.15, 0.2) is 0 Å². The Morgan fingerprint density at radius 1 is 1.08 bits per heavy atom. The van der Waals surface area contributed by atoms with Crippen molar-refractivity contribution >= 4 is 11.6 Å². The van der Waals surface area contributed by atoms with Crippen molar-refractivity contribution < 1.29 is 0 Å². The molecule has 0 aromatic carbocycles. The minimum Gasteiger partial charge on any atom is -0.126 e. The van der Waals surface area contributed by atoms with Gasteiger partial charge in [0, 0.05) is 5.88 Å². The minimum atomic E-state index is 0.643. The second-order valence-corrected chi connectivity index (χ2v) is 5.77. The van der Waals surface area contributed by atoms with Crippen molar-refractivity contribution in [1.82, 2.24) is 0 Å². The average molecular weight is 185 g/mol. The molecule has 4 rings (SSSR count). The molecule has 0 heterocycles. The molecule has 0 saturated heterocycles. The summed E-state index contributed by atoms with van der Waals surface area (Å²) < 4.78 is 0. The van der Waals surface area contributed by atoms with Gasteiger partial charge in [0.25, 0.3) is 0 Å². The van der Waals surface area contributed by atoms with Gasteiger partial charge in [-0.1, -0.05) is 12.8 Å². The molecule has 4 fully saturated rings. The molecule has 12 heavy (non-hydrogen) atoms. The largest absolute Gasteiger partial charge is 0.126 e. The molecular formula is C11H17Cl. The van der Waals surface area contributed by atoms with Crippen LogP contribution in [0.3, 0.4) is 0 Å². The van der Waals surface area contributed by atoms with Crippen LogP contribution in [0.2, 0.25) is 0 Å². The molecule has 0 unspecified atom stereocenters. The summed E-state index contributed by atoms with van der Waals surface area (Å²) in [6.07, 6.45) is 10.5. The maximum atomic E-state index is 5.95. The van der Waals surface area contributed by atoms with E-state index in [2.05, 4.69) is 0 Å². The lowest BCUT2D eigenvalue weighted by molar-refractivity contribution is -0.220. The van der Waals surface area contributed by atoms with Crippen molar-refractivity contribution in [3.8, 4) is 0 Å². The Labute approximate surface area is 79.7 Å². The van der Waals surface area contributed by atoms with E-state index in [-0.39, 0.29) is 0 Å². The van der Waals surface area contributed by atoms with Crippen LogP contribution in [0.1, 0.15) is 44.9 Å². The van der Waals surface area contributed by atoms with Gasteiger partial charge in [0.2, 0.25) is 0 Å². The van der Waals surface area contributed by atoms with Crippen LogP contribution in [0, 0.1) is 16.7 Å². The van der Waals surface area contributed by atoms with E-state index in [4.69, 9.17) is 11.6 Å². The third-order valence-electron chi connectivity index (χ3n) is 4.69. The third-order valence-corrected chi connectivity index (χ3v) is 5.25. The van der Waals surface area contributed by atoms with Crippen LogP contribution in [0.4, 0.5) is 0 Å². The predicted octanol–water partition coefficient (Wildman–Crippen LogP) is 3.59. The van der Waals surface area contributed by atoms with Crippen molar-refractivity contribution in [3.05, 3.63) is 0 Å². The summed E-state index contributed by atoms with van der Waals surface area (Å²) in [6.45, 7) is 0. The van der Waals surface area contributed by atoms with Gasteiger partial charge in [0.05, 0.1) is 0 Å². The van der Waals surface area contributed by atoms with E-state index in [9.17, 15) is 0 Å². The van der Waals surface area contributed by atoms with Crippen LogP contribution in [0.5, 0.6) is 0 Å². The van der Waals surface area contributed by atoms with Gasteiger partial charge in [-0.2, -0.15) is 0 Å². The van der Waals surface area contributed by atoms with Crippen LogP contribution in [-0.4, -0.2) is 5.88 Å². The van der Waals surface area contributed by atoms with E-state index in [1.165, 1.54) is 44.9 Å². The quantitative estimate of drug-likeness (QED) is 0.576. The smallest absolute Gasteiger partial charge is 0.0280 e. The molecular weight excluding hydrogens is 168 g/mol. The molecule has 0 nitrogen and oxygen atoms in total. The van der Waals surface area contributed by atoms with Crippen LogP contribution in [-0.2, 0) is 0 Å². The van der Waals surface area contributed by atoms with E-state index in [0.29, 0.717) is 5.41 Å². The van der Waals surface area contributed by atoms with Crippen molar-refractivity contribution in [3.63, 3.8) is 0 Å². The first-order valence-corrected chi connectivity index (χ1v) is 5.88. The zero-order chi connectivity index (χ0) is 8.23. The number of hydrogen-bond donors (Lipinski definition) is 0. The van der Waals surface area contributed by atoms with Gasteiger partial charge in [-0.25, -0.2) is 0 Å². The first-order chi connectivity index (χ1) is 5.79. The highest BCUT2D eigenvalue weighted by atomic mass is 35.5. The van der Waals surface area contributed by atoms with Crippen molar-refractivity contribution in [2.45, 2.75) is 44.9 Å². The first kappa shape index (κ1) is 7.67. The second kappa shape index (κ2) is 2.20. The summed E-state index contributed by atoms with van der Waals surface area (Å²) in [6, 6.07) is 0. The SMILES string of the molecule is ClCC12CC(C3CCCC3)(C1)C2. The summed E-state index contributed by atoms with van der Waals surface area (Å²) in [5, 5.41) is 0. The molecule has 4 saturated carbocycles. The van der Waals surface area contributed by atoms with Crippen LogP contribution >= 0.6 is 11.6 Å². The number of alkyl halides is 1. The molecule has 0 N–H and O–H groups in total. The molecule has 1 heteroatoms. The lowest BCUT2D eigenvalue weighted by Crippen LogP contribution is -2.65. The fourth-order valence-corrected chi connectivity index (χ4v) is 4.48. The van der Waals surface area contributed by atoms with Gasteiger partial charge in [-0.05, 0) is 48.9 Å². The lowest BCUT2D eigenvalue weighted by Gasteiger charge is -2.73. The Hall–Kier alpha value is 0.290. The summed E-state index contributed by atoms with van der Waals surface area (Å²) in [4.78, 5) is 0. The van der Waals surface area contributed by atoms with E-state index < -0.39 is 0 Å². The highest BCUT2D eigenvalue weighted by molar-refractivity contribution is 6.18. The van der Waals surface area contributed by atoms with Crippen molar-refractivity contribution in [1.29, 1.82) is 0 Å². The Kier molecular flexibility index (Phi) is 1.41. The first-order valence-electron chi connectivity index (χ1n) is 5.35. The molecule has 0 amide bonds. The maximum Gasteiger partial charge on any atom is 0.0280 e. The molecule has 0 atom stereocenters. The fourth-order valence-electron chi connectivity index (χ4n) is 4.20. The van der Waals surface area contributed by atoms with Gasteiger partial charge in [-0.15, -0.1) is 11.6 Å². The molecule has 4 aliphatic rings. The van der Waals surface area contributed by atoms with Gasteiger partial charge in [0.15, 0.2) is 0 Å². The average Bonchev–Trinajstić information content (AvgIpc) is 2.35. The van der Waals surface area contributed by atoms with Gasteiger partial charge in [-0.3, -0.25) is 0 Å². The topological polar surface area (TPSA) is 0 Å². The molecule has 68 valence electrons. The highest BCUT2D eigenvalue weighted by Crippen LogP contribution is 2.78. The lowest BCUT2D eigenvalue weighted by atomic mass is 9.32. The summed E-state index contributed by atoms with van der Waals surface area (Å²) >= 11 is 5.95. The monoisotopic (exact) mass is 184 g/mol. The Morgan fingerprint density at radius 2 is 1.67 bits per heavy atom. The van der Waals surface area contributed by atoms with Crippen molar-refractivity contribution in [2.24, 2.45) is 16.7 Å². The molecule has 0 aromatic rings. The van der Waals surface area contributed by atoms with Gasteiger partial charge < -0.3 is 0 Å². The standard InChI is InChI=1S/C11H17Cl/c12-8-10-5-11(6-10,7-10)9-3-1-2-4-9/h9H,1-8H2. The number of rotatable bonds is 2. The van der Waals surface area contributed by atoms with Crippen LogP contribution < -0.4 is 0 Å². The summed E-state index contributed by atoms with van der Waals surface area (Å²) in [5.41, 5.74) is 1.47. The fraction of sp³-hybridized carbons (Fsp3) is 1.00. The Morgan fingerprint density at radius 3 is 2.17 bits per heavy atom. The number of hydrogen-bond acceptors (Lipinski definition) is 0. The molecule has 0 radical (unpaired) electrons. The van der Waals surface area contributed by atoms with E-state index in [0.717, 1.165) is 17.2 Å². The van der Waals surface area contributed by atoms with Crippen molar-refractivity contribution in [2.75, 3.05) is 5.88 Å². The van der Waals surface area contributed by atoms with E-state index >= 15 is 0 Å². The Bertz CT molecular complexity index is 183. The minimum absolute atomic E-state index is 0.643.